The Morgan fingerprint density at radius 3 is 2.24 bits per heavy atom. The molecule has 112 valence electrons. The van der Waals surface area contributed by atoms with Gasteiger partial charge in [-0.05, 0) is 24.3 Å². The summed E-state index contributed by atoms with van der Waals surface area (Å²) in [7, 11) is 1.51. The molecule has 0 bridgehead atoms. The van der Waals surface area contributed by atoms with Crippen LogP contribution >= 0.6 is 0 Å². The van der Waals surface area contributed by atoms with Crippen molar-refractivity contribution in [2.45, 2.75) is 0 Å². The molecular formula is C14H17N3O4. The molecule has 1 aliphatic rings. The number of nitrogens with zero attached hydrogens (tertiary/aromatic N) is 3. The Bertz CT molecular complexity index is 536. The molecule has 7 heteroatoms. The van der Waals surface area contributed by atoms with Crippen LogP contribution in [-0.4, -0.2) is 66.4 Å². The van der Waals surface area contributed by atoms with Gasteiger partial charge in [0.2, 0.25) is 6.41 Å². The molecule has 1 aromatic rings. The maximum Gasteiger partial charge on any atom is 0.316 e. The van der Waals surface area contributed by atoms with Gasteiger partial charge in [-0.1, -0.05) is 0 Å². The van der Waals surface area contributed by atoms with E-state index in [0.29, 0.717) is 31.9 Å². The lowest BCUT2D eigenvalue weighted by molar-refractivity contribution is -0.146. The Morgan fingerprint density at radius 1 is 1.14 bits per heavy atom. The second-order valence-electron chi connectivity index (χ2n) is 4.81. The number of phenols is 1. The first-order valence-corrected chi connectivity index (χ1v) is 6.58. The molecule has 0 aliphatic carbocycles. The maximum absolute atomic E-state index is 12.2. The van der Waals surface area contributed by atoms with E-state index in [1.807, 2.05) is 0 Å². The van der Waals surface area contributed by atoms with E-state index >= 15 is 0 Å². The normalized spacial score (nSPS) is 14.7. The Balaban J connectivity index is 2.00. The van der Waals surface area contributed by atoms with Crippen molar-refractivity contribution in [1.29, 1.82) is 0 Å². The molecule has 2 rings (SSSR count). The third-order valence-corrected chi connectivity index (χ3v) is 3.48. The highest BCUT2D eigenvalue weighted by molar-refractivity contribution is 6.40. The van der Waals surface area contributed by atoms with Crippen LogP contribution < -0.4 is 4.90 Å². The van der Waals surface area contributed by atoms with Gasteiger partial charge in [0.25, 0.3) is 0 Å². The smallest absolute Gasteiger partial charge is 0.316 e. The highest BCUT2D eigenvalue weighted by Crippen LogP contribution is 2.17. The highest BCUT2D eigenvalue weighted by Gasteiger charge is 2.28. The fraction of sp³-hybridized carbons (Fsp3) is 0.357. The molecular weight excluding hydrogens is 274 g/mol. The van der Waals surface area contributed by atoms with E-state index < -0.39 is 11.8 Å². The third kappa shape index (κ3) is 3.31. The quantitative estimate of drug-likeness (QED) is 0.597. The number of hydrogen-bond acceptors (Lipinski definition) is 4. The summed E-state index contributed by atoms with van der Waals surface area (Å²) in [6.45, 7) is 1.58. The topological polar surface area (TPSA) is 81.2 Å². The van der Waals surface area contributed by atoms with Crippen molar-refractivity contribution in [3.63, 3.8) is 0 Å². The lowest BCUT2D eigenvalue weighted by atomic mass is 10.2. The molecule has 1 aromatic carbocycles. The molecule has 1 saturated heterocycles. The van der Waals surface area contributed by atoms with Crippen LogP contribution in [0.25, 0.3) is 0 Å². The largest absolute Gasteiger partial charge is 0.508 e. The number of rotatable bonds is 2. The average Bonchev–Trinajstić information content (AvgIpc) is 2.53. The molecule has 1 aliphatic heterocycles. The zero-order valence-electron chi connectivity index (χ0n) is 11.7. The molecule has 1 heterocycles. The Labute approximate surface area is 122 Å². The first-order chi connectivity index (χ1) is 10.0. The van der Waals surface area contributed by atoms with Gasteiger partial charge in [-0.15, -0.1) is 0 Å². The fourth-order valence-corrected chi connectivity index (χ4v) is 2.10. The molecule has 0 aromatic heterocycles. The first-order valence-electron chi connectivity index (χ1n) is 6.58. The maximum atomic E-state index is 12.2. The minimum absolute atomic E-state index is 0.0934. The summed E-state index contributed by atoms with van der Waals surface area (Å²) in [6, 6.07) is 6.02. The number of hydrogen-bond donors (Lipinski definition) is 1. The van der Waals surface area contributed by atoms with Gasteiger partial charge in [0.1, 0.15) is 5.75 Å². The highest BCUT2D eigenvalue weighted by atomic mass is 16.3. The second kappa shape index (κ2) is 6.25. The molecule has 0 spiro atoms. The van der Waals surface area contributed by atoms with E-state index in [2.05, 4.69) is 0 Å². The Morgan fingerprint density at radius 2 is 1.71 bits per heavy atom. The summed E-state index contributed by atoms with van der Waals surface area (Å²) < 4.78 is 0. The van der Waals surface area contributed by atoms with E-state index in [-0.39, 0.29) is 5.75 Å². The molecule has 0 saturated carbocycles. The SMILES string of the molecule is CN(C(=O)C(=O)N1CCN(C=O)CC1)c1ccc(O)cc1. The number of amides is 3. The lowest BCUT2D eigenvalue weighted by Gasteiger charge is -2.32. The van der Waals surface area contributed by atoms with Crippen LogP contribution in [0.15, 0.2) is 24.3 Å². The molecule has 1 fully saturated rings. The summed E-state index contributed by atoms with van der Waals surface area (Å²) in [5, 5.41) is 9.23. The van der Waals surface area contributed by atoms with Crippen molar-refractivity contribution in [1.82, 2.24) is 9.80 Å². The van der Waals surface area contributed by atoms with E-state index in [0.717, 1.165) is 6.41 Å². The minimum Gasteiger partial charge on any atom is -0.508 e. The van der Waals surface area contributed by atoms with Crippen LogP contribution in [0, 0.1) is 0 Å². The van der Waals surface area contributed by atoms with Crippen LogP contribution in [0.5, 0.6) is 5.75 Å². The van der Waals surface area contributed by atoms with Crippen molar-refractivity contribution in [3.8, 4) is 5.75 Å². The van der Waals surface area contributed by atoms with Crippen molar-refractivity contribution < 1.29 is 19.5 Å². The summed E-state index contributed by atoms with van der Waals surface area (Å²) in [4.78, 5) is 39.2. The zero-order chi connectivity index (χ0) is 15.4. The predicted molar refractivity (Wildman–Crippen MR) is 75.7 cm³/mol. The van der Waals surface area contributed by atoms with Crippen LogP contribution in [0.2, 0.25) is 0 Å². The molecule has 21 heavy (non-hydrogen) atoms. The number of carbonyl (C=O) groups excluding carboxylic acids is 3. The zero-order valence-corrected chi connectivity index (χ0v) is 11.7. The van der Waals surface area contributed by atoms with Crippen LogP contribution in [0.3, 0.4) is 0 Å². The monoisotopic (exact) mass is 291 g/mol. The van der Waals surface area contributed by atoms with Crippen LogP contribution in [-0.2, 0) is 14.4 Å². The number of phenolic OH excluding ortho intramolecular Hbond substituents is 1. The first kappa shape index (κ1) is 14.8. The Hall–Kier alpha value is -2.57. The summed E-state index contributed by atoms with van der Waals surface area (Å²) in [6.07, 6.45) is 0.742. The molecule has 7 nitrogen and oxygen atoms in total. The number of piperazine rings is 1. The molecule has 0 radical (unpaired) electrons. The average molecular weight is 291 g/mol. The van der Waals surface area contributed by atoms with E-state index in [1.165, 1.54) is 29.0 Å². The number of likely N-dealkylation sites (N-methyl/N-ethyl adjacent to an activating group) is 1. The van der Waals surface area contributed by atoms with E-state index in [1.54, 1.807) is 17.0 Å². The number of aromatic hydroxyl groups is 1. The van der Waals surface area contributed by atoms with Crippen molar-refractivity contribution in [3.05, 3.63) is 24.3 Å². The third-order valence-electron chi connectivity index (χ3n) is 3.48. The summed E-state index contributed by atoms with van der Waals surface area (Å²) >= 11 is 0. The molecule has 3 amide bonds. The fourth-order valence-electron chi connectivity index (χ4n) is 2.10. The van der Waals surface area contributed by atoms with E-state index in [9.17, 15) is 19.5 Å². The van der Waals surface area contributed by atoms with Gasteiger partial charge in [-0.2, -0.15) is 0 Å². The number of benzene rings is 1. The lowest BCUT2D eigenvalue weighted by Crippen LogP contribution is -2.52. The second-order valence-corrected chi connectivity index (χ2v) is 4.81. The van der Waals surface area contributed by atoms with Gasteiger partial charge >= 0.3 is 11.8 Å². The summed E-state index contributed by atoms with van der Waals surface area (Å²) in [5.41, 5.74) is 0.526. The minimum atomic E-state index is -0.639. The van der Waals surface area contributed by atoms with E-state index in [4.69, 9.17) is 0 Å². The van der Waals surface area contributed by atoms with Crippen molar-refractivity contribution in [2.75, 3.05) is 38.1 Å². The number of carbonyl (C=O) groups is 3. The van der Waals surface area contributed by atoms with Gasteiger partial charge in [0.05, 0.1) is 0 Å². The molecule has 0 unspecified atom stereocenters. The van der Waals surface area contributed by atoms with Crippen molar-refractivity contribution in [2.24, 2.45) is 0 Å². The molecule has 1 N–H and O–H groups in total. The van der Waals surface area contributed by atoms with Crippen LogP contribution in [0.4, 0.5) is 5.69 Å². The van der Waals surface area contributed by atoms with Gasteiger partial charge in [0, 0.05) is 38.9 Å². The van der Waals surface area contributed by atoms with Gasteiger partial charge < -0.3 is 19.8 Å². The van der Waals surface area contributed by atoms with Gasteiger partial charge in [-0.25, -0.2) is 0 Å². The standard InChI is InChI=1S/C14H17N3O4/c1-15(11-2-4-12(19)5-3-11)13(20)14(21)17-8-6-16(10-18)7-9-17/h2-5,10,19H,6-9H2,1H3. The number of anilines is 1. The van der Waals surface area contributed by atoms with Gasteiger partial charge in [-0.3, -0.25) is 14.4 Å². The summed E-state index contributed by atoms with van der Waals surface area (Å²) in [5.74, 6) is -1.13. The van der Waals surface area contributed by atoms with Crippen LogP contribution in [0.1, 0.15) is 0 Å². The predicted octanol–water partition coefficient (Wildman–Crippen LogP) is -0.344. The Kier molecular flexibility index (Phi) is 4.42. The van der Waals surface area contributed by atoms with Gasteiger partial charge in [0.15, 0.2) is 0 Å². The van der Waals surface area contributed by atoms with Crippen molar-refractivity contribution >= 4 is 23.9 Å². The molecule has 0 atom stereocenters.